The van der Waals surface area contributed by atoms with Gasteiger partial charge in [-0.25, -0.2) is 8.42 Å². The summed E-state index contributed by atoms with van der Waals surface area (Å²) in [5.41, 5.74) is 1.80. The Balaban J connectivity index is 2.10. The van der Waals surface area contributed by atoms with Gasteiger partial charge in [-0.05, 0) is 35.4 Å². The Morgan fingerprint density at radius 2 is 1.76 bits per heavy atom. The van der Waals surface area contributed by atoms with Crippen molar-refractivity contribution in [3.05, 3.63) is 59.7 Å². The number of hydrogen-bond acceptors (Lipinski definition) is 4. The van der Waals surface area contributed by atoms with E-state index >= 15 is 0 Å². The van der Waals surface area contributed by atoms with Crippen molar-refractivity contribution in [2.24, 2.45) is 0 Å². The molecular weight excluding hydrogens is 290 g/mol. The molecule has 0 aliphatic heterocycles. The molecule has 0 saturated carbocycles. The molecule has 2 aromatic rings. The van der Waals surface area contributed by atoms with E-state index in [1.165, 1.54) is 0 Å². The van der Waals surface area contributed by atoms with Gasteiger partial charge in [0.05, 0.1) is 19.5 Å². The number of nitrogens with one attached hydrogen (secondary N) is 1. The summed E-state index contributed by atoms with van der Waals surface area (Å²) in [4.78, 5) is 0. The van der Waals surface area contributed by atoms with Gasteiger partial charge < -0.3 is 9.84 Å². The van der Waals surface area contributed by atoms with E-state index in [-0.39, 0.29) is 12.4 Å². The molecule has 5 nitrogen and oxygen atoms in total. The average molecular weight is 307 g/mol. The third kappa shape index (κ3) is 4.47. The lowest BCUT2D eigenvalue weighted by molar-refractivity contribution is 0.282. The van der Waals surface area contributed by atoms with E-state index in [0.717, 1.165) is 0 Å². The number of sulfonamides is 1. The van der Waals surface area contributed by atoms with Gasteiger partial charge in [-0.3, -0.25) is 4.72 Å². The molecule has 2 rings (SSSR count). The zero-order valence-electron chi connectivity index (χ0n) is 11.6. The highest BCUT2D eigenvalue weighted by molar-refractivity contribution is 7.91. The Bertz CT molecular complexity index is 696. The van der Waals surface area contributed by atoms with Gasteiger partial charge in [0.1, 0.15) is 5.75 Å². The summed E-state index contributed by atoms with van der Waals surface area (Å²) in [5.74, 6) is 0.515. The molecule has 0 spiro atoms. The zero-order chi connectivity index (χ0) is 15.3. The lowest BCUT2D eigenvalue weighted by atomic mass is 10.1. The summed E-state index contributed by atoms with van der Waals surface area (Å²) >= 11 is 0. The van der Waals surface area contributed by atoms with Gasteiger partial charge in [0.25, 0.3) is 0 Å². The lowest BCUT2D eigenvalue weighted by Gasteiger charge is -2.09. The van der Waals surface area contributed by atoms with Gasteiger partial charge in [0.15, 0.2) is 0 Å². The van der Waals surface area contributed by atoms with Crippen molar-refractivity contribution in [3.8, 4) is 5.75 Å². The van der Waals surface area contributed by atoms with Crippen molar-refractivity contribution in [1.82, 2.24) is 0 Å². The fourth-order valence-corrected chi connectivity index (χ4v) is 3.10. The van der Waals surface area contributed by atoms with Gasteiger partial charge in [0, 0.05) is 5.69 Å². The first-order valence-electron chi connectivity index (χ1n) is 6.35. The average Bonchev–Trinajstić information content (AvgIpc) is 2.47. The van der Waals surface area contributed by atoms with Crippen LogP contribution in [0.1, 0.15) is 11.1 Å². The molecule has 0 amide bonds. The lowest BCUT2D eigenvalue weighted by Crippen LogP contribution is -2.15. The zero-order valence-corrected chi connectivity index (χ0v) is 12.4. The van der Waals surface area contributed by atoms with Crippen LogP contribution in [0.15, 0.2) is 48.5 Å². The maximum Gasteiger partial charge on any atom is 0.236 e. The Hall–Kier alpha value is -2.05. The van der Waals surface area contributed by atoms with Gasteiger partial charge in [-0.1, -0.05) is 24.3 Å². The monoisotopic (exact) mass is 307 g/mol. The van der Waals surface area contributed by atoms with E-state index in [9.17, 15) is 8.42 Å². The third-order valence-electron chi connectivity index (χ3n) is 2.89. The minimum atomic E-state index is -3.50. The highest BCUT2D eigenvalue weighted by Gasteiger charge is 2.12. The Labute approximate surface area is 124 Å². The third-order valence-corrected chi connectivity index (χ3v) is 4.15. The maximum atomic E-state index is 12.1. The first-order valence-corrected chi connectivity index (χ1v) is 8.01. The molecule has 0 bridgehead atoms. The highest BCUT2D eigenvalue weighted by atomic mass is 32.2. The molecular formula is C15H17NO4S. The van der Waals surface area contributed by atoms with Crippen LogP contribution in [0.3, 0.4) is 0 Å². The Morgan fingerprint density at radius 1 is 1.10 bits per heavy atom. The van der Waals surface area contributed by atoms with E-state index in [0.29, 0.717) is 22.6 Å². The second-order valence-electron chi connectivity index (χ2n) is 4.57. The summed E-state index contributed by atoms with van der Waals surface area (Å²) in [6, 6.07) is 13.5. The van der Waals surface area contributed by atoms with Gasteiger partial charge in [-0.15, -0.1) is 0 Å². The van der Waals surface area contributed by atoms with Crippen LogP contribution in [0.2, 0.25) is 0 Å². The maximum absolute atomic E-state index is 12.1. The minimum Gasteiger partial charge on any atom is -0.497 e. The second kappa shape index (κ2) is 6.60. The summed E-state index contributed by atoms with van der Waals surface area (Å²) < 4.78 is 31.8. The number of anilines is 1. The molecule has 6 heteroatoms. The van der Waals surface area contributed by atoms with Gasteiger partial charge >= 0.3 is 0 Å². The molecule has 0 aromatic heterocycles. The fraction of sp³-hybridized carbons (Fsp3) is 0.200. The predicted octanol–water partition coefficient (Wildman–Crippen LogP) is 2.13. The topological polar surface area (TPSA) is 75.6 Å². The SMILES string of the molecule is COc1ccc(NS(=O)(=O)Cc2cccc(CO)c2)cc1. The van der Waals surface area contributed by atoms with Crippen molar-refractivity contribution >= 4 is 15.7 Å². The summed E-state index contributed by atoms with van der Waals surface area (Å²) in [5, 5.41) is 9.07. The molecule has 0 saturated heterocycles. The minimum absolute atomic E-state index is 0.111. The molecule has 0 atom stereocenters. The van der Waals surface area contributed by atoms with Crippen molar-refractivity contribution in [2.45, 2.75) is 12.4 Å². The van der Waals surface area contributed by atoms with Gasteiger partial charge in [-0.2, -0.15) is 0 Å². The van der Waals surface area contributed by atoms with Crippen molar-refractivity contribution in [2.75, 3.05) is 11.8 Å². The molecule has 21 heavy (non-hydrogen) atoms. The number of ether oxygens (including phenoxy) is 1. The molecule has 0 fully saturated rings. The van der Waals surface area contributed by atoms with Crippen molar-refractivity contribution in [1.29, 1.82) is 0 Å². The number of hydrogen-bond donors (Lipinski definition) is 2. The molecule has 0 unspecified atom stereocenters. The number of aliphatic hydroxyl groups excluding tert-OH is 1. The highest BCUT2D eigenvalue weighted by Crippen LogP contribution is 2.17. The van der Waals surface area contributed by atoms with Crippen molar-refractivity contribution in [3.63, 3.8) is 0 Å². The van der Waals surface area contributed by atoms with E-state index < -0.39 is 10.0 Å². The Morgan fingerprint density at radius 3 is 2.38 bits per heavy atom. The standard InChI is InChI=1S/C15H17NO4S/c1-20-15-7-5-14(6-8-15)16-21(18,19)11-13-4-2-3-12(9-13)10-17/h2-9,16-17H,10-11H2,1H3. The van der Waals surface area contributed by atoms with Crippen LogP contribution in [-0.2, 0) is 22.4 Å². The molecule has 2 aromatic carbocycles. The normalized spacial score (nSPS) is 11.1. The summed E-state index contributed by atoms with van der Waals surface area (Å²) in [6.45, 7) is -0.111. The van der Waals surface area contributed by atoms with E-state index in [1.54, 1.807) is 55.6 Å². The quantitative estimate of drug-likeness (QED) is 0.857. The molecule has 0 heterocycles. The van der Waals surface area contributed by atoms with E-state index in [1.807, 2.05) is 0 Å². The van der Waals surface area contributed by atoms with E-state index in [2.05, 4.69) is 4.72 Å². The van der Waals surface area contributed by atoms with Crippen LogP contribution in [-0.4, -0.2) is 20.6 Å². The largest absolute Gasteiger partial charge is 0.497 e. The first kappa shape index (κ1) is 15.3. The first-order chi connectivity index (χ1) is 10.0. The van der Waals surface area contributed by atoms with Crippen LogP contribution >= 0.6 is 0 Å². The number of methoxy groups -OCH3 is 1. The van der Waals surface area contributed by atoms with Crippen LogP contribution in [0, 0.1) is 0 Å². The van der Waals surface area contributed by atoms with E-state index in [4.69, 9.17) is 9.84 Å². The van der Waals surface area contributed by atoms with Crippen LogP contribution in [0.4, 0.5) is 5.69 Å². The van der Waals surface area contributed by atoms with Crippen molar-refractivity contribution < 1.29 is 18.3 Å². The number of aliphatic hydroxyl groups is 1. The second-order valence-corrected chi connectivity index (χ2v) is 6.29. The molecule has 0 radical (unpaired) electrons. The van der Waals surface area contributed by atoms with Crippen LogP contribution < -0.4 is 9.46 Å². The van der Waals surface area contributed by atoms with Crippen LogP contribution in [0.5, 0.6) is 5.75 Å². The summed E-state index contributed by atoms with van der Waals surface area (Å²) in [6.07, 6.45) is 0. The Kier molecular flexibility index (Phi) is 4.82. The molecule has 0 aliphatic rings. The smallest absolute Gasteiger partial charge is 0.236 e. The number of rotatable bonds is 6. The summed E-state index contributed by atoms with van der Waals surface area (Å²) in [7, 11) is -1.96. The predicted molar refractivity (Wildman–Crippen MR) is 81.6 cm³/mol. The number of benzene rings is 2. The molecule has 112 valence electrons. The van der Waals surface area contributed by atoms with Crippen LogP contribution in [0.25, 0.3) is 0 Å². The fourth-order valence-electron chi connectivity index (χ4n) is 1.91. The molecule has 0 aliphatic carbocycles. The molecule has 2 N–H and O–H groups in total. The van der Waals surface area contributed by atoms with Gasteiger partial charge in [0.2, 0.25) is 10.0 Å².